The van der Waals surface area contributed by atoms with Gasteiger partial charge in [0.05, 0.1) is 12.3 Å². The lowest BCUT2D eigenvalue weighted by Gasteiger charge is -2.36. The minimum absolute atomic E-state index is 0.0955. The number of carbonyl (C=O) groups is 1. The second-order valence-electron chi connectivity index (χ2n) is 7.84. The topological polar surface area (TPSA) is 53.4 Å². The van der Waals surface area contributed by atoms with E-state index in [9.17, 15) is 4.79 Å². The van der Waals surface area contributed by atoms with Gasteiger partial charge in [0, 0.05) is 37.3 Å². The van der Waals surface area contributed by atoms with Gasteiger partial charge >= 0.3 is 0 Å². The summed E-state index contributed by atoms with van der Waals surface area (Å²) >= 11 is 0. The quantitative estimate of drug-likeness (QED) is 0.799. The number of nitrogens with zero attached hydrogens (tertiary/aromatic N) is 2. The number of rotatable bonds is 6. The van der Waals surface area contributed by atoms with Crippen molar-refractivity contribution >= 4 is 5.78 Å². The van der Waals surface area contributed by atoms with E-state index in [1.54, 1.807) is 18.3 Å². The third-order valence-electron chi connectivity index (χ3n) is 6.15. The summed E-state index contributed by atoms with van der Waals surface area (Å²) in [7, 11) is 0. The van der Waals surface area contributed by atoms with Crippen LogP contribution >= 0.6 is 0 Å². The number of aromatic nitrogens is 1. The van der Waals surface area contributed by atoms with Gasteiger partial charge in [0.1, 0.15) is 0 Å². The molecule has 2 aromatic rings. The van der Waals surface area contributed by atoms with E-state index in [1.807, 2.05) is 0 Å². The molecule has 1 N–H and O–H groups in total. The molecule has 0 saturated heterocycles. The van der Waals surface area contributed by atoms with Gasteiger partial charge in [-0.1, -0.05) is 24.6 Å². The average molecular weight is 364 g/mol. The third kappa shape index (κ3) is 4.28. The highest BCUT2D eigenvalue weighted by Gasteiger charge is 2.26. The monoisotopic (exact) mass is 364 g/mol. The summed E-state index contributed by atoms with van der Waals surface area (Å²) in [4.78, 5) is 19.2. The van der Waals surface area contributed by atoms with Crippen LogP contribution in [0.1, 0.15) is 58.4 Å². The van der Waals surface area contributed by atoms with Crippen LogP contribution in [-0.2, 0) is 25.9 Å². The van der Waals surface area contributed by atoms with Gasteiger partial charge in [-0.25, -0.2) is 0 Å². The highest BCUT2D eigenvalue weighted by molar-refractivity contribution is 5.95. The Morgan fingerprint density at radius 1 is 1.11 bits per heavy atom. The van der Waals surface area contributed by atoms with Crippen molar-refractivity contribution in [1.82, 2.24) is 9.88 Å². The predicted molar refractivity (Wildman–Crippen MR) is 106 cm³/mol. The molecule has 0 spiro atoms. The van der Waals surface area contributed by atoms with Crippen molar-refractivity contribution in [3.05, 3.63) is 64.5 Å². The molecule has 142 valence electrons. The normalized spacial score (nSPS) is 17.8. The second-order valence-corrected chi connectivity index (χ2v) is 7.84. The van der Waals surface area contributed by atoms with Crippen LogP contribution in [0.5, 0.6) is 0 Å². The summed E-state index contributed by atoms with van der Waals surface area (Å²) in [5.41, 5.74) is 5.41. The maximum Gasteiger partial charge on any atom is 0.164 e. The van der Waals surface area contributed by atoms with Crippen molar-refractivity contribution in [2.75, 3.05) is 13.1 Å². The smallest absolute Gasteiger partial charge is 0.164 e. The summed E-state index contributed by atoms with van der Waals surface area (Å²) < 4.78 is 0. The number of pyridine rings is 1. The fourth-order valence-electron chi connectivity index (χ4n) is 4.15. The molecule has 4 rings (SSSR count). The van der Waals surface area contributed by atoms with Crippen molar-refractivity contribution in [2.45, 2.75) is 57.6 Å². The molecular weight excluding hydrogens is 336 g/mol. The second kappa shape index (κ2) is 8.32. The number of fused-ring (bicyclic) bond motifs is 1. The Bertz CT molecular complexity index is 797. The van der Waals surface area contributed by atoms with Crippen LogP contribution in [0.15, 0.2) is 36.5 Å². The lowest BCUT2D eigenvalue weighted by Crippen LogP contribution is -2.41. The molecule has 1 aliphatic carbocycles. The van der Waals surface area contributed by atoms with Gasteiger partial charge < -0.3 is 5.11 Å². The van der Waals surface area contributed by atoms with Gasteiger partial charge in [0.15, 0.2) is 5.78 Å². The number of hydrogen-bond donors (Lipinski definition) is 1. The Balaban J connectivity index is 1.36. The summed E-state index contributed by atoms with van der Waals surface area (Å²) in [5, 5.41) is 9.05. The Hall–Kier alpha value is -2.04. The van der Waals surface area contributed by atoms with E-state index in [2.05, 4.69) is 28.1 Å². The number of aryl methyl sites for hydroxylation is 1. The van der Waals surface area contributed by atoms with E-state index in [4.69, 9.17) is 5.11 Å². The van der Waals surface area contributed by atoms with Crippen molar-refractivity contribution in [1.29, 1.82) is 0 Å². The van der Waals surface area contributed by atoms with E-state index in [0.717, 1.165) is 25.3 Å². The third-order valence-corrected chi connectivity index (χ3v) is 6.15. The predicted octanol–water partition coefficient (Wildman–Crippen LogP) is 3.34. The van der Waals surface area contributed by atoms with Crippen molar-refractivity contribution in [3.8, 4) is 0 Å². The lowest BCUT2D eigenvalue weighted by atomic mass is 9.91. The van der Waals surface area contributed by atoms with E-state index in [-0.39, 0.29) is 12.4 Å². The highest BCUT2D eigenvalue weighted by Crippen LogP contribution is 2.27. The number of ketones is 1. The Morgan fingerprint density at radius 2 is 1.93 bits per heavy atom. The summed E-state index contributed by atoms with van der Waals surface area (Å²) in [5.74, 6) is 0.109. The van der Waals surface area contributed by atoms with Crippen LogP contribution in [0.25, 0.3) is 0 Å². The van der Waals surface area contributed by atoms with Crippen molar-refractivity contribution in [3.63, 3.8) is 0 Å². The van der Waals surface area contributed by atoms with Gasteiger partial charge in [-0.15, -0.1) is 0 Å². The first-order valence-electron chi connectivity index (χ1n) is 10.2. The van der Waals surface area contributed by atoms with Gasteiger partial charge in [0.2, 0.25) is 0 Å². The standard InChI is InChI=1S/C23H28N2O2/c26-16-21-8-7-20(15-24-21)23(27)9-5-17-4-6-18-10-12-25(22-2-1-3-22)13-11-19(18)14-17/h4,6-8,14-15,22,26H,1-3,5,9-13,16H2. The number of carbonyl (C=O) groups excluding carboxylic acids is 1. The zero-order chi connectivity index (χ0) is 18.6. The number of hydrogen-bond acceptors (Lipinski definition) is 4. The molecule has 0 atom stereocenters. The van der Waals surface area contributed by atoms with Crippen LogP contribution in [-0.4, -0.2) is 39.9 Å². The van der Waals surface area contributed by atoms with Crippen LogP contribution in [0.3, 0.4) is 0 Å². The van der Waals surface area contributed by atoms with Crippen LogP contribution < -0.4 is 0 Å². The molecule has 2 heterocycles. The minimum Gasteiger partial charge on any atom is -0.390 e. The number of benzene rings is 1. The number of aliphatic hydroxyl groups excluding tert-OH is 1. The van der Waals surface area contributed by atoms with E-state index >= 15 is 0 Å². The Kier molecular flexibility index (Phi) is 5.65. The molecule has 0 unspecified atom stereocenters. The first kappa shape index (κ1) is 18.3. The maximum absolute atomic E-state index is 12.4. The molecular formula is C23H28N2O2. The summed E-state index contributed by atoms with van der Waals surface area (Å²) in [6.45, 7) is 2.26. The number of Topliss-reactive ketones (excluding diaryl/α,β-unsaturated/α-hetero) is 1. The zero-order valence-electron chi connectivity index (χ0n) is 15.9. The van der Waals surface area contributed by atoms with Crippen LogP contribution in [0.4, 0.5) is 0 Å². The fraction of sp³-hybridized carbons (Fsp3) is 0.478. The minimum atomic E-state index is -0.0955. The van der Waals surface area contributed by atoms with Gasteiger partial charge in [0.25, 0.3) is 0 Å². The molecule has 1 aromatic heterocycles. The molecule has 1 aliphatic heterocycles. The van der Waals surface area contributed by atoms with E-state index < -0.39 is 0 Å². The first-order chi connectivity index (χ1) is 13.2. The van der Waals surface area contributed by atoms with Crippen LogP contribution in [0, 0.1) is 0 Å². The fourth-order valence-corrected chi connectivity index (χ4v) is 4.15. The molecule has 1 aromatic carbocycles. The van der Waals surface area contributed by atoms with E-state index in [1.165, 1.54) is 49.0 Å². The molecule has 0 radical (unpaired) electrons. The molecule has 0 bridgehead atoms. The van der Waals surface area contributed by atoms with E-state index in [0.29, 0.717) is 17.7 Å². The van der Waals surface area contributed by atoms with Gasteiger partial charge in [-0.05, 0) is 60.9 Å². The Morgan fingerprint density at radius 3 is 2.59 bits per heavy atom. The zero-order valence-corrected chi connectivity index (χ0v) is 15.9. The van der Waals surface area contributed by atoms with Crippen molar-refractivity contribution < 1.29 is 9.90 Å². The van der Waals surface area contributed by atoms with Crippen molar-refractivity contribution in [2.24, 2.45) is 0 Å². The molecule has 0 amide bonds. The van der Waals surface area contributed by atoms with Crippen LogP contribution in [0.2, 0.25) is 0 Å². The van der Waals surface area contributed by atoms with Gasteiger partial charge in [-0.3, -0.25) is 14.7 Å². The average Bonchev–Trinajstić information content (AvgIpc) is 2.87. The SMILES string of the molecule is O=C(CCc1ccc2c(c1)CCN(C1CCC1)CC2)c1ccc(CO)nc1. The molecule has 27 heavy (non-hydrogen) atoms. The molecule has 1 saturated carbocycles. The van der Waals surface area contributed by atoms with Gasteiger partial charge in [-0.2, -0.15) is 0 Å². The molecule has 1 fully saturated rings. The lowest BCUT2D eigenvalue weighted by molar-refractivity contribution is 0.0982. The number of aliphatic hydroxyl groups is 1. The summed E-state index contributed by atoms with van der Waals surface area (Å²) in [6.07, 6.45) is 9.24. The largest absolute Gasteiger partial charge is 0.390 e. The maximum atomic E-state index is 12.4. The molecule has 2 aliphatic rings. The first-order valence-corrected chi connectivity index (χ1v) is 10.2. The Labute approximate surface area is 161 Å². The summed E-state index contributed by atoms with van der Waals surface area (Å²) in [6, 6.07) is 11.1. The molecule has 4 heteroatoms. The molecule has 4 nitrogen and oxygen atoms in total. The highest BCUT2D eigenvalue weighted by atomic mass is 16.3.